The number of ether oxygens (including phenoxy) is 1. The second-order valence-corrected chi connectivity index (χ2v) is 6.67. The predicted octanol–water partition coefficient (Wildman–Crippen LogP) is 2.30. The van der Waals surface area contributed by atoms with Gasteiger partial charge in [0.2, 0.25) is 0 Å². The van der Waals surface area contributed by atoms with Crippen LogP contribution in [0.25, 0.3) is 0 Å². The summed E-state index contributed by atoms with van der Waals surface area (Å²) in [5.74, 6) is 0.287. The van der Waals surface area contributed by atoms with E-state index in [-0.39, 0.29) is 18.4 Å². The van der Waals surface area contributed by atoms with E-state index in [2.05, 4.69) is 16.4 Å². The Kier molecular flexibility index (Phi) is 5.90. The molecule has 1 aromatic carbocycles. The van der Waals surface area contributed by atoms with Crippen LogP contribution in [0, 0.1) is 24.2 Å². The van der Waals surface area contributed by atoms with Crippen molar-refractivity contribution in [3.05, 3.63) is 58.8 Å². The number of nitriles is 1. The van der Waals surface area contributed by atoms with E-state index in [0.717, 1.165) is 0 Å². The van der Waals surface area contributed by atoms with Gasteiger partial charge >= 0.3 is 5.97 Å². The lowest BCUT2D eigenvalue weighted by Crippen LogP contribution is -2.52. The molecule has 1 aliphatic rings. The highest BCUT2D eigenvalue weighted by molar-refractivity contribution is 5.94. The van der Waals surface area contributed by atoms with Gasteiger partial charge in [0.1, 0.15) is 11.9 Å². The largest absolute Gasteiger partial charge is 0.462 e. The molecule has 2 heterocycles. The average molecular weight is 378 g/mol. The molecule has 1 fully saturated rings. The smallest absolute Gasteiger partial charge is 0.340 e. The van der Waals surface area contributed by atoms with Crippen LogP contribution in [0.15, 0.2) is 36.4 Å². The van der Waals surface area contributed by atoms with Crippen molar-refractivity contribution in [3.8, 4) is 6.07 Å². The summed E-state index contributed by atoms with van der Waals surface area (Å²) in [5, 5.41) is 12.4. The van der Waals surface area contributed by atoms with Crippen LogP contribution in [0.3, 0.4) is 0 Å². The zero-order valence-corrected chi connectivity index (χ0v) is 15.9. The summed E-state index contributed by atoms with van der Waals surface area (Å²) in [6, 6.07) is 12.7. The van der Waals surface area contributed by atoms with E-state index in [9.17, 15) is 14.9 Å². The van der Waals surface area contributed by atoms with Gasteiger partial charge in [-0.05, 0) is 32.0 Å². The van der Waals surface area contributed by atoms with Crippen molar-refractivity contribution in [3.63, 3.8) is 0 Å². The molecule has 28 heavy (non-hydrogen) atoms. The number of aromatic nitrogens is 1. The Hall–Kier alpha value is -3.40. The summed E-state index contributed by atoms with van der Waals surface area (Å²) < 4.78 is 5.01. The maximum Gasteiger partial charge on any atom is 0.340 e. The van der Waals surface area contributed by atoms with Crippen LogP contribution in [0.1, 0.15) is 38.9 Å². The van der Waals surface area contributed by atoms with Crippen molar-refractivity contribution in [2.24, 2.45) is 5.92 Å². The first-order valence-corrected chi connectivity index (χ1v) is 9.20. The number of carbonyl (C=O) groups is 2. The minimum absolute atomic E-state index is 0.0930. The van der Waals surface area contributed by atoms with Crippen LogP contribution in [0.2, 0.25) is 0 Å². The van der Waals surface area contributed by atoms with Gasteiger partial charge in [0.15, 0.2) is 0 Å². The summed E-state index contributed by atoms with van der Waals surface area (Å²) >= 11 is 0. The molecule has 7 nitrogen and oxygen atoms in total. The Labute approximate surface area is 163 Å². The van der Waals surface area contributed by atoms with Gasteiger partial charge in [-0.3, -0.25) is 4.79 Å². The number of rotatable bonds is 6. The van der Waals surface area contributed by atoms with Gasteiger partial charge in [0, 0.05) is 31.1 Å². The minimum atomic E-state index is -0.472. The van der Waals surface area contributed by atoms with Crippen LogP contribution in [0.5, 0.6) is 0 Å². The van der Waals surface area contributed by atoms with E-state index < -0.39 is 5.97 Å². The Balaban J connectivity index is 1.61. The number of carbonyl (C=O) groups excluding carboxylic acids is 2. The number of benzene rings is 1. The Bertz CT molecular complexity index is 915. The second kappa shape index (κ2) is 8.53. The molecule has 1 N–H and O–H groups in total. The Morgan fingerprint density at radius 2 is 2.04 bits per heavy atom. The Morgan fingerprint density at radius 1 is 1.32 bits per heavy atom. The molecule has 0 aliphatic carbocycles. The monoisotopic (exact) mass is 378 g/mol. The molecule has 7 heteroatoms. The third-order valence-electron chi connectivity index (χ3n) is 4.65. The van der Waals surface area contributed by atoms with E-state index in [0.29, 0.717) is 47.8 Å². The standard InChI is InChI=1S/C21H22N4O3/c1-3-28-21(27)18-9-17(10-22)19(24-14(18)2)25-12-15(13-25)11-23-20(26)16-7-5-4-6-8-16/h4-9,15H,3,11-13H2,1-2H3,(H,23,26). The van der Waals surface area contributed by atoms with Crippen molar-refractivity contribution in [2.45, 2.75) is 13.8 Å². The molecule has 0 bridgehead atoms. The molecule has 0 saturated carbocycles. The molecule has 144 valence electrons. The summed E-state index contributed by atoms with van der Waals surface area (Å²) in [7, 11) is 0. The molecule has 3 rings (SSSR count). The lowest BCUT2D eigenvalue weighted by molar-refractivity contribution is 0.0524. The number of pyridine rings is 1. The van der Waals surface area contributed by atoms with Gasteiger partial charge in [-0.2, -0.15) is 5.26 Å². The molecular weight excluding hydrogens is 356 g/mol. The van der Waals surface area contributed by atoms with Crippen molar-refractivity contribution < 1.29 is 14.3 Å². The molecule has 0 atom stereocenters. The molecule has 0 radical (unpaired) electrons. The van der Waals surface area contributed by atoms with Gasteiger partial charge in [-0.15, -0.1) is 0 Å². The predicted molar refractivity (Wildman–Crippen MR) is 104 cm³/mol. The number of esters is 1. The minimum Gasteiger partial charge on any atom is -0.462 e. The lowest BCUT2D eigenvalue weighted by atomic mass is 9.98. The maximum atomic E-state index is 12.1. The van der Waals surface area contributed by atoms with E-state index in [1.54, 1.807) is 32.0 Å². The van der Waals surface area contributed by atoms with Crippen LogP contribution in [-0.2, 0) is 4.74 Å². The van der Waals surface area contributed by atoms with Gasteiger partial charge < -0.3 is 15.0 Å². The summed E-state index contributed by atoms with van der Waals surface area (Å²) in [6.07, 6.45) is 0. The molecule has 1 aromatic heterocycles. The number of anilines is 1. The maximum absolute atomic E-state index is 12.1. The molecule has 1 saturated heterocycles. The first kappa shape index (κ1) is 19.4. The quantitative estimate of drug-likeness (QED) is 0.775. The summed E-state index contributed by atoms with van der Waals surface area (Å²) in [5.41, 5.74) is 1.83. The van der Waals surface area contributed by atoms with E-state index >= 15 is 0 Å². The molecule has 1 aliphatic heterocycles. The van der Waals surface area contributed by atoms with Crippen molar-refractivity contribution in [1.29, 1.82) is 5.26 Å². The lowest BCUT2D eigenvalue weighted by Gasteiger charge is -2.40. The van der Waals surface area contributed by atoms with Crippen LogP contribution >= 0.6 is 0 Å². The number of nitrogens with one attached hydrogen (secondary N) is 1. The number of hydrogen-bond acceptors (Lipinski definition) is 6. The number of nitrogens with zero attached hydrogens (tertiary/aromatic N) is 3. The fraction of sp³-hybridized carbons (Fsp3) is 0.333. The molecular formula is C21H22N4O3. The van der Waals surface area contributed by atoms with Crippen LogP contribution < -0.4 is 10.2 Å². The van der Waals surface area contributed by atoms with E-state index in [1.165, 1.54) is 0 Å². The van der Waals surface area contributed by atoms with E-state index in [1.807, 2.05) is 23.1 Å². The summed E-state index contributed by atoms with van der Waals surface area (Å²) in [4.78, 5) is 30.6. The first-order chi connectivity index (χ1) is 13.5. The highest BCUT2D eigenvalue weighted by Crippen LogP contribution is 2.27. The van der Waals surface area contributed by atoms with Crippen molar-refractivity contribution >= 4 is 17.7 Å². The number of aryl methyl sites for hydroxylation is 1. The van der Waals surface area contributed by atoms with Gasteiger partial charge in [-0.1, -0.05) is 18.2 Å². The molecule has 2 aromatic rings. The zero-order chi connectivity index (χ0) is 20.1. The molecule has 0 unspecified atom stereocenters. The topological polar surface area (TPSA) is 95.3 Å². The SMILES string of the molecule is CCOC(=O)c1cc(C#N)c(N2CC(CNC(=O)c3ccccc3)C2)nc1C. The fourth-order valence-corrected chi connectivity index (χ4v) is 3.13. The third-order valence-corrected chi connectivity index (χ3v) is 4.65. The molecule has 1 amide bonds. The zero-order valence-electron chi connectivity index (χ0n) is 15.9. The summed E-state index contributed by atoms with van der Waals surface area (Å²) in [6.45, 7) is 5.67. The third kappa shape index (κ3) is 4.12. The van der Waals surface area contributed by atoms with Crippen molar-refractivity contribution in [1.82, 2.24) is 10.3 Å². The Morgan fingerprint density at radius 3 is 2.68 bits per heavy atom. The number of amides is 1. The number of hydrogen-bond donors (Lipinski definition) is 1. The van der Waals surface area contributed by atoms with Gasteiger partial charge in [0.25, 0.3) is 5.91 Å². The molecule has 0 spiro atoms. The van der Waals surface area contributed by atoms with Crippen LogP contribution in [-0.4, -0.2) is 43.1 Å². The highest BCUT2D eigenvalue weighted by Gasteiger charge is 2.30. The fourth-order valence-electron chi connectivity index (χ4n) is 3.13. The van der Waals surface area contributed by atoms with Gasteiger partial charge in [-0.25, -0.2) is 9.78 Å². The normalized spacial score (nSPS) is 13.4. The first-order valence-electron chi connectivity index (χ1n) is 9.20. The van der Waals surface area contributed by atoms with E-state index in [4.69, 9.17) is 4.74 Å². The van der Waals surface area contributed by atoms with Crippen molar-refractivity contribution in [2.75, 3.05) is 31.1 Å². The highest BCUT2D eigenvalue weighted by atomic mass is 16.5. The van der Waals surface area contributed by atoms with Gasteiger partial charge in [0.05, 0.1) is 23.4 Å². The average Bonchev–Trinajstić information content (AvgIpc) is 2.67. The van der Waals surface area contributed by atoms with Crippen LogP contribution in [0.4, 0.5) is 5.82 Å². The second-order valence-electron chi connectivity index (χ2n) is 6.67.